The highest BCUT2D eigenvalue weighted by molar-refractivity contribution is 6.58. The topological polar surface area (TPSA) is 49.7 Å². The zero-order valence-corrected chi connectivity index (χ0v) is 9.34. The summed E-state index contributed by atoms with van der Waals surface area (Å²) in [5.74, 6) is -0.213. The van der Waals surface area contributed by atoms with Crippen LogP contribution in [0.1, 0.15) is 19.3 Å². The molecule has 17 heavy (non-hydrogen) atoms. The lowest BCUT2D eigenvalue weighted by molar-refractivity contribution is 0.229. The summed E-state index contributed by atoms with van der Waals surface area (Å²) < 4.78 is 18.8. The maximum absolute atomic E-state index is 13.2. The molecule has 0 aliphatic heterocycles. The zero-order valence-electron chi connectivity index (χ0n) is 9.34. The van der Waals surface area contributed by atoms with Crippen LogP contribution in [-0.2, 0) is 0 Å². The van der Waals surface area contributed by atoms with Gasteiger partial charge >= 0.3 is 7.12 Å². The van der Waals surface area contributed by atoms with E-state index in [1.165, 1.54) is 12.1 Å². The minimum Gasteiger partial charge on any atom is -0.486 e. The highest BCUT2D eigenvalue weighted by Crippen LogP contribution is 2.19. The van der Waals surface area contributed by atoms with Gasteiger partial charge in [-0.2, -0.15) is 0 Å². The quantitative estimate of drug-likeness (QED) is 0.607. The Labute approximate surface area is 99.7 Å². The van der Waals surface area contributed by atoms with E-state index in [2.05, 4.69) is 0 Å². The highest BCUT2D eigenvalue weighted by atomic mass is 19.1. The van der Waals surface area contributed by atoms with Crippen LogP contribution in [0.15, 0.2) is 30.4 Å². The molecule has 0 fully saturated rings. The van der Waals surface area contributed by atoms with Gasteiger partial charge in [-0.05, 0) is 42.9 Å². The van der Waals surface area contributed by atoms with Crippen LogP contribution in [0, 0.1) is 5.82 Å². The first-order valence-corrected chi connectivity index (χ1v) is 5.65. The maximum atomic E-state index is 13.2. The molecule has 2 rings (SSSR count). The molecule has 0 heterocycles. The first kappa shape index (κ1) is 12.1. The van der Waals surface area contributed by atoms with Crippen LogP contribution < -0.4 is 10.2 Å². The van der Waals surface area contributed by atoms with Crippen LogP contribution in [0.2, 0.25) is 0 Å². The van der Waals surface area contributed by atoms with Crippen LogP contribution in [0.5, 0.6) is 5.75 Å². The normalized spacial score (nSPS) is 19.1. The van der Waals surface area contributed by atoms with Crippen molar-refractivity contribution < 1.29 is 19.2 Å². The van der Waals surface area contributed by atoms with Crippen LogP contribution in [0.25, 0.3) is 0 Å². The summed E-state index contributed by atoms with van der Waals surface area (Å²) in [6.45, 7) is 0. The molecule has 0 spiro atoms. The molecule has 1 aliphatic carbocycles. The Hall–Kier alpha value is -1.33. The van der Waals surface area contributed by atoms with Crippen molar-refractivity contribution in [3.05, 3.63) is 36.2 Å². The van der Waals surface area contributed by atoms with Crippen LogP contribution in [0.4, 0.5) is 4.39 Å². The Balaban J connectivity index is 2.14. The summed E-state index contributed by atoms with van der Waals surface area (Å²) in [7, 11) is -1.69. The molecule has 1 aliphatic rings. The number of rotatable bonds is 3. The Kier molecular flexibility index (Phi) is 3.81. The van der Waals surface area contributed by atoms with Crippen molar-refractivity contribution in [1.82, 2.24) is 0 Å². The summed E-state index contributed by atoms with van der Waals surface area (Å²) in [4.78, 5) is 0. The molecule has 1 unspecified atom stereocenters. The van der Waals surface area contributed by atoms with Gasteiger partial charge in [-0.25, -0.2) is 4.39 Å². The molecule has 0 radical (unpaired) electrons. The summed E-state index contributed by atoms with van der Waals surface area (Å²) in [6.07, 6.45) is 6.91. The van der Waals surface area contributed by atoms with Crippen LogP contribution in [0.3, 0.4) is 0 Å². The van der Waals surface area contributed by atoms with Crippen LogP contribution in [-0.4, -0.2) is 23.3 Å². The fourth-order valence-electron chi connectivity index (χ4n) is 1.86. The second-order valence-electron chi connectivity index (χ2n) is 4.11. The first-order chi connectivity index (χ1) is 8.15. The summed E-state index contributed by atoms with van der Waals surface area (Å²) in [6, 6.07) is 3.76. The number of halogens is 1. The molecule has 3 nitrogen and oxygen atoms in total. The molecule has 0 saturated heterocycles. The SMILES string of the molecule is OB(O)c1cc(F)cc(OC2C=CCCC2)c1. The first-order valence-electron chi connectivity index (χ1n) is 5.65. The third-order valence-electron chi connectivity index (χ3n) is 2.69. The number of ether oxygens (including phenoxy) is 1. The summed E-state index contributed by atoms with van der Waals surface area (Å²) >= 11 is 0. The number of hydrogen-bond acceptors (Lipinski definition) is 3. The zero-order chi connectivity index (χ0) is 12.3. The van der Waals surface area contributed by atoms with E-state index in [1.54, 1.807) is 0 Å². The van der Waals surface area contributed by atoms with Crippen molar-refractivity contribution in [3.63, 3.8) is 0 Å². The van der Waals surface area contributed by atoms with E-state index in [9.17, 15) is 4.39 Å². The summed E-state index contributed by atoms with van der Waals surface area (Å²) in [5.41, 5.74) is 0.0970. The number of allylic oxidation sites excluding steroid dienone is 1. The van der Waals surface area contributed by atoms with E-state index >= 15 is 0 Å². The monoisotopic (exact) mass is 236 g/mol. The molecule has 90 valence electrons. The second-order valence-corrected chi connectivity index (χ2v) is 4.11. The van der Waals surface area contributed by atoms with Crippen molar-refractivity contribution in [2.75, 3.05) is 0 Å². The predicted octanol–water partition coefficient (Wildman–Crippen LogP) is 0.993. The van der Waals surface area contributed by atoms with Crippen molar-refractivity contribution in [2.45, 2.75) is 25.4 Å². The van der Waals surface area contributed by atoms with E-state index < -0.39 is 12.9 Å². The molecule has 1 aromatic rings. The molecule has 0 aromatic heterocycles. The Bertz CT molecular complexity index is 420. The number of benzene rings is 1. The Morgan fingerprint density at radius 2 is 2.12 bits per heavy atom. The average molecular weight is 236 g/mol. The molecule has 1 atom stereocenters. The van der Waals surface area contributed by atoms with Crippen molar-refractivity contribution >= 4 is 12.6 Å². The number of hydrogen-bond donors (Lipinski definition) is 2. The molecule has 2 N–H and O–H groups in total. The van der Waals surface area contributed by atoms with Gasteiger partial charge in [0.25, 0.3) is 0 Å². The van der Waals surface area contributed by atoms with Crippen molar-refractivity contribution in [2.24, 2.45) is 0 Å². The minimum atomic E-state index is -1.69. The molecular formula is C12H14BFO3. The lowest BCUT2D eigenvalue weighted by atomic mass is 9.80. The Morgan fingerprint density at radius 3 is 2.76 bits per heavy atom. The van der Waals surface area contributed by atoms with Gasteiger partial charge in [-0.1, -0.05) is 6.08 Å². The fraction of sp³-hybridized carbons (Fsp3) is 0.333. The minimum absolute atomic E-state index is 0.0609. The van der Waals surface area contributed by atoms with Gasteiger partial charge in [0.05, 0.1) is 0 Å². The average Bonchev–Trinajstić information content (AvgIpc) is 2.29. The lowest BCUT2D eigenvalue weighted by Crippen LogP contribution is -2.30. The van der Waals surface area contributed by atoms with E-state index in [1.807, 2.05) is 12.2 Å². The van der Waals surface area contributed by atoms with Gasteiger partial charge in [0, 0.05) is 6.07 Å². The van der Waals surface area contributed by atoms with Gasteiger partial charge < -0.3 is 14.8 Å². The van der Waals surface area contributed by atoms with Gasteiger partial charge in [0.15, 0.2) is 0 Å². The maximum Gasteiger partial charge on any atom is 0.488 e. The van der Waals surface area contributed by atoms with E-state index in [0.29, 0.717) is 5.75 Å². The lowest BCUT2D eigenvalue weighted by Gasteiger charge is -2.19. The van der Waals surface area contributed by atoms with E-state index in [-0.39, 0.29) is 11.6 Å². The standard InChI is InChI=1S/C12H14BFO3/c14-10-6-9(13(15)16)7-12(8-10)17-11-4-2-1-3-5-11/h2,4,6-8,11,15-16H,1,3,5H2. The van der Waals surface area contributed by atoms with E-state index in [4.69, 9.17) is 14.8 Å². The largest absolute Gasteiger partial charge is 0.488 e. The Morgan fingerprint density at radius 1 is 1.29 bits per heavy atom. The van der Waals surface area contributed by atoms with Crippen molar-refractivity contribution in [3.8, 4) is 5.75 Å². The molecule has 5 heteroatoms. The van der Waals surface area contributed by atoms with Gasteiger partial charge in [0.1, 0.15) is 17.7 Å². The fourth-order valence-corrected chi connectivity index (χ4v) is 1.86. The van der Waals surface area contributed by atoms with E-state index in [0.717, 1.165) is 25.3 Å². The van der Waals surface area contributed by atoms with Gasteiger partial charge in [-0.15, -0.1) is 0 Å². The van der Waals surface area contributed by atoms with Gasteiger partial charge in [0.2, 0.25) is 0 Å². The third-order valence-corrected chi connectivity index (χ3v) is 2.69. The molecule has 1 aromatic carbocycles. The summed E-state index contributed by atoms with van der Waals surface area (Å²) in [5, 5.41) is 18.0. The molecule has 0 amide bonds. The second kappa shape index (κ2) is 5.34. The molecular weight excluding hydrogens is 222 g/mol. The predicted molar refractivity (Wildman–Crippen MR) is 63.6 cm³/mol. The highest BCUT2D eigenvalue weighted by Gasteiger charge is 2.16. The van der Waals surface area contributed by atoms with Crippen LogP contribution >= 0.6 is 0 Å². The van der Waals surface area contributed by atoms with Crippen molar-refractivity contribution in [1.29, 1.82) is 0 Å². The van der Waals surface area contributed by atoms with Gasteiger partial charge in [-0.3, -0.25) is 0 Å². The third kappa shape index (κ3) is 3.31. The smallest absolute Gasteiger partial charge is 0.486 e. The molecule has 0 bridgehead atoms. The molecule has 0 saturated carbocycles.